The molecular weight excluding hydrogens is 186 g/mol. The van der Waals surface area contributed by atoms with E-state index in [0.29, 0.717) is 11.2 Å². The van der Waals surface area contributed by atoms with Gasteiger partial charge in [-0.05, 0) is 26.1 Å². The maximum atomic E-state index is 10.7. The van der Waals surface area contributed by atoms with Crippen molar-refractivity contribution >= 4 is 18.1 Å². The topological polar surface area (TPSA) is 63.8 Å². The molecule has 1 unspecified atom stereocenters. The number of nitrogens with zero attached hydrogens (tertiary/aromatic N) is 1. The Hall–Kier alpha value is -1.10. The number of hydrogen-bond acceptors (Lipinski definition) is 2. The average Bonchev–Trinajstić information content (AvgIpc) is 2.28. The van der Waals surface area contributed by atoms with E-state index < -0.39 is 0 Å². The van der Waals surface area contributed by atoms with Gasteiger partial charge in [-0.2, -0.15) is 0 Å². The Morgan fingerprint density at radius 3 is 2.85 bits per heavy atom. The largest absolute Gasteiger partial charge is 0.370 e. The zero-order chi connectivity index (χ0) is 10.0. The van der Waals surface area contributed by atoms with Crippen molar-refractivity contribution in [2.75, 3.05) is 0 Å². The van der Waals surface area contributed by atoms with E-state index in [2.05, 4.69) is 4.98 Å². The Balaban J connectivity index is 2.88. The molecule has 0 aliphatic carbocycles. The van der Waals surface area contributed by atoms with Gasteiger partial charge in [0.2, 0.25) is 5.91 Å². The molecule has 0 bridgehead atoms. The molecule has 13 heavy (non-hydrogen) atoms. The van der Waals surface area contributed by atoms with Crippen LogP contribution in [0.4, 0.5) is 0 Å². The molecule has 1 aromatic heterocycles. The van der Waals surface area contributed by atoms with E-state index in [1.165, 1.54) is 0 Å². The summed E-state index contributed by atoms with van der Waals surface area (Å²) >= 11 is 5.06. The van der Waals surface area contributed by atoms with Crippen LogP contribution in [0.15, 0.2) is 6.20 Å². The van der Waals surface area contributed by atoms with Crippen molar-refractivity contribution in [3.8, 4) is 0 Å². The first-order valence-corrected chi connectivity index (χ1v) is 4.47. The molecule has 1 atom stereocenters. The van der Waals surface area contributed by atoms with Crippen LogP contribution in [0.5, 0.6) is 0 Å². The van der Waals surface area contributed by atoms with Gasteiger partial charge in [0, 0.05) is 24.4 Å². The van der Waals surface area contributed by atoms with Gasteiger partial charge in [0.05, 0.1) is 0 Å². The van der Waals surface area contributed by atoms with Crippen LogP contribution < -0.4 is 5.73 Å². The second kappa shape index (κ2) is 3.74. The van der Waals surface area contributed by atoms with Gasteiger partial charge in [0.25, 0.3) is 0 Å². The standard InChI is InChI=1S/C8H13N3OS/c1-5-4-11(8(13)10-5)6(2)3-7(9)12/h4,6H,3H2,1-2H3,(H2,9,12)(H,10,13). The summed E-state index contributed by atoms with van der Waals surface area (Å²) in [5.74, 6) is -0.312. The van der Waals surface area contributed by atoms with Crippen LogP contribution in [-0.2, 0) is 4.79 Å². The zero-order valence-corrected chi connectivity index (χ0v) is 8.52. The van der Waals surface area contributed by atoms with Gasteiger partial charge in [0.15, 0.2) is 4.77 Å². The van der Waals surface area contributed by atoms with E-state index >= 15 is 0 Å². The smallest absolute Gasteiger partial charge is 0.219 e. The molecule has 0 fully saturated rings. The summed E-state index contributed by atoms with van der Waals surface area (Å²) in [7, 11) is 0. The summed E-state index contributed by atoms with van der Waals surface area (Å²) in [4.78, 5) is 13.7. The third-order valence-corrected chi connectivity index (χ3v) is 2.16. The Labute approximate surface area is 81.8 Å². The highest BCUT2D eigenvalue weighted by Gasteiger charge is 2.09. The van der Waals surface area contributed by atoms with Crippen LogP contribution in [0.2, 0.25) is 0 Å². The van der Waals surface area contributed by atoms with Crippen molar-refractivity contribution < 1.29 is 4.79 Å². The van der Waals surface area contributed by atoms with Crippen LogP contribution in [0, 0.1) is 11.7 Å². The molecule has 0 aliphatic rings. The Morgan fingerprint density at radius 2 is 2.46 bits per heavy atom. The molecule has 1 rings (SSSR count). The van der Waals surface area contributed by atoms with E-state index in [-0.39, 0.29) is 11.9 Å². The van der Waals surface area contributed by atoms with Crippen LogP contribution in [-0.4, -0.2) is 15.5 Å². The lowest BCUT2D eigenvalue weighted by molar-refractivity contribution is -0.118. The van der Waals surface area contributed by atoms with E-state index in [1.54, 1.807) is 0 Å². The van der Waals surface area contributed by atoms with Crippen molar-refractivity contribution in [1.82, 2.24) is 9.55 Å². The number of carbonyl (C=O) groups is 1. The van der Waals surface area contributed by atoms with Gasteiger partial charge >= 0.3 is 0 Å². The van der Waals surface area contributed by atoms with Gasteiger partial charge < -0.3 is 15.3 Å². The first kappa shape index (κ1) is 9.98. The number of carbonyl (C=O) groups excluding carboxylic acids is 1. The fourth-order valence-electron chi connectivity index (χ4n) is 1.25. The summed E-state index contributed by atoms with van der Waals surface area (Å²) in [6.45, 7) is 3.83. The van der Waals surface area contributed by atoms with Crippen LogP contribution >= 0.6 is 12.2 Å². The van der Waals surface area contributed by atoms with Crippen molar-refractivity contribution in [2.45, 2.75) is 26.3 Å². The molecule has 72 valence electrons. The number of rotatable bonds is 3. The Morgan fingerprint density at radius 1 is 1.85 bits per heavy atom. The number of nitrogens with one attached hydrogen (secondary N) is 1. The molecule has 4 nitrogen and oxygen atoms in total. The average molecular weight is 199 g/mol. The number of amides is 1. The highest BCUT2D eigenvalue weighted by atomic mass is 32.1. The SMILES string of the molecule is Cc1cn(C(C)CC(N)=O)c(=S)[nH]1. The zero-order valence-electron chi connectivity index (χ0n) is 7.70. The summed E-state index contributed by atoms with van der Waals surface area (Å²) in [6, 6.07) is 0.0231. The lowest BCUT2D eigenvalue weighted by Gasteiger charge is -2.09. The number of aryl methyl sites for hydroxylation is 1. The molecule has 0 radical (unpaired) electrons. The number of primary amides is 1. The molecule has 5 heteroatoms. The van der Waals surface area contributed by atoms with Crippen molar-refractivity contribution in [3.05, 3.63) is 16.7 Å². The van der Waals surface area contributed by atoms with Gasteiger partial charge in [-0.3, -0.25) is 4.79 Å². The number of imidazole rings is 1. The first-order valence-electron chi connectivity index (χ1n) is 4.06. The highest BCUT2D eigenvalue weighted by molar-refractivity contribution is 7.71. The lowest BCUT2D eigenvalue weighted by Crippen LogP contribution is -2.17. The molecule has 3 N–H and O–H groups in total. The number of aromatic amines is 1. The summed E-state index contributed by atoms with van der Waals surface area (Å²) in [5.41, 5.74) is 6.08. The van der Waals surface area contributed by atoms with Gasteiger partial charge in [-0.15, -0.1) is 0 Å². The molecule has 1 aromatic rings. The minimum absolute atomic E-state index is 0.0231. The van der Waals surface area contributed by atoms with E-state index in [9.17, 15) is 4.79 Å². The van der Waals surface area contributed by atoms with Crippen LogP contribution in [0.25, 0.3) is 0 Å². The third-order valence-electron chi connectivity index (χ3n) is 1.84. The normalized spacial score (nSPS) is 12.8. The Kier molecular flexibility index (Phi) is 2.87. The number of aromatic nitrogens is 2. The lowest BCUT2D eigenvalue weighted by atomic mass is 10.2. The predicted molar refractivity (Wildman–Crippen MR) is 52.9 cm³/mol. The van der Waals surface area contributed by atoms with Crippen LogP contribution in [0.3, 0.4) is 0 Å². The summed E-state index contributed by atoms with van der Waals surface area (Å²) in [6.07, 6.45) is 2.20. The Bertz CT molecular complexity index is 366. The first-order chi connectivity index (χ1) is 6.00. The van der Waals surface area contributed by atoms with Gasteiger partial charge in [0.1, 0.15) is 0 Å². The fourth-order valence-corrected chi connectivity index (χ4v) is 1.64. The molecule has 0 saturated heterocycles. The van der Waals surface area contributed by atoms with Crippen molar-refractivity contribution in [2.24, 2.45) is 5.73 Å². The highest BCUT2D eigenvalue weighted by Crippen LogP contribution is 2.11. The minimum atomic E-state index is -0.312. The number of hydrogen-bond donors (Lipinski definition) is 2. The maximum Gasteiger partial charge on any atom is 0.219 e. The number of H-pyrrole nitrogens is 1. The quantitative estimate of drug-likeness (QED) is 0.720. The second-order valence-corrected chi connectivity index (χ2v) is 3.56. The molecule has 1 heterocycles. The molecule has 0 aromatic carbocycles. The van der Waals surface area contributed by atoms with Crippen molar-refractivity contribution in [1.29, 1.82) is 0 Å². The molecule has 0 saturated carbocycles. The molecule has 0 aliphatic heterocycles. The summed E-state index contributed by atoms with van der Waals surface area (Å²) in [5, 5.41) is 0. The molecular formula is C8H13N3OS. The van der Waals surface area contributed by atoms with Crippen LogP contribution in [0.1, 0.15) is 25.1 Å². The molecule has 0 spiro atoms. The van der Waals surface area contributed by atoms with E-state index in [0.717, 1.165) is 5.69 Å². The van der Waals surface area contributed by atoms with E-state index in [1.807, 2.05) is 24.6 Å². The fraction of sp³-hybridized carbons (Fsp3) is 0.500. The van der Waals surface area contributed by atoms with Crippen molar-refractivity contribution in [3.63, 3.8) is 0 Å². The minimum Gasteiger partial charge on any atom is -0.370 e. The van der Waals surface area contributed by atoms with Gasteiger partial charge in [-0.1, -0.05) is 0 Å². The van der Waals surface area contributed by atoms with Gasteiger partial charge in [-0.25, -0.2) is 0 Å². The monoisotopic (exact) mass is 199 g/mol. The third kappa shape index (κ3) is 2.42. The molecule has 1 amide bonds. The van der Waals surface area contributed by atoms with E-state index in [4.69, 9.17) is 18.0 Å². The predicted octanol–water partition coefficient (Wildman–Crippen LogP) is 1.29. The second-order valence-electron chi connectivity index (χ2n) is 3.17. The maximum absolute atomic E-state index is 10.7. The summed E-state index contributed by atoms with van der Waals surface area (Å²) < 4.78 is 2.47. The number of nitrogens with two attached hydrogens (primary N) is 1.